The van der Waals surface area contributed by atoms with Crippen molar-refractivity contribution in [2.75, 3.05) is 18.6 Å². The number of nitrogens with one attached hydrogen (secondary N) is 1. The molecule has 0 saturated heterocycles. The van der Waals surface area contributed by atoms with Gasteiger partial charge in [-0.1, -0.05) is 61.5 Å². The first-order valence-corrected chi connectivity index (χ1v) is 12.9. The van der Waals surface area contributed by atoms with Gasteiger partial charge in [0.15, 0.2) is 0 Å². The number of nitrogens with zero attached hydrogens (tertiary/aromatic N) is 4. The minimum absolute atomic E-state index is 0.0692. The first-order valence-electron chi connectivity index (χ1n) is 12.9. The number of aryl methyl sites for hydroxylation is 2. The van der Waals surface area contributed by atoms with Crippen LogP contribution < -0.4 is 15.0 Å². The molecule has 0 aliphatic rings. The summed E-state index contributed by atoms with van der Waals surface area (Å²) in [6.45, 7) is 8.58. The summed E-state index contributed by atoms with van der Waals surface area (Å²) in [6, 6.07) is 19.8. The van der Waals surface area contributed by atoms with Crippen molar-refractivity contribution in [3.63, 3.8) is 0 Å². The van der Waals surface area contributed by atoms with E-state index in [1.807, 2.05) is 80.6 Å². The smallest absolute Gasteiger partial charge is 0.249 e. The Kier molecular flexibility index (Phi) is 8.41. The molecule has 0 aliphatic heterocycles. The van der Waals surface area contributed by atoms with Gasteiger partial charge in [-0.2, -0.15) is 0 Å². The lowest BCUT2D eigenvalue weighted by molar-refractivity contribution is -0.127. The second kappa shape index (κ2) is 11.9. The first-order chi connectivity index (χ1) is 18.3. The average molecular weight is 514 g/mol. The Labute approximate surface area is 223 Å². The molecule has 0 spiro atoms. The number of hydrogen-bond donors (Lipinski definition) is 1. The molecule has 1 atom stereocenters. The Hall–Kier alpha value is -4.20. The van der Waals surface area contributed by atoms with Crippen molar-refractivity contribution >= 4 is 28.5 Å². The van der Waals surface area contributed by atoms with E-state index in [9.17, 15) is 9.59 Å². The summed E-state index contributed by atoms with van der Waals surface area (Å²) >= 11 is 0. The number of rotatable bonds is 10. The maximum atomic E-state index is 14.2. The van der Waals surface area contributed by atoms with Crippen LogP contribution in [0.15, 0.2) is 66.7 Å². The summed E-state index contributed by atoms with van der Waals surface area (Å²) in [5.41, 5.74) is 4.65. The van der Waals surface area contributed by atoms with Gasteiger partial charge in [-0.15, -0.1) is 5.10 Å². The molecule has 0 aliphatic carbocycles. The fraction of sp³-hybridized carbons (Fsp3) is 0.333. The molecular formula is C30H35N5O3. The fourth-order valence-electron chi connectivity index (χ4n) is 4.61. The topological polar surface area (TPSA) is 89.4 Å². The number of methoxy groups -OCH3 is 1. The van der Waals surface area contributed by atoms with E-state index in [0.29, 0.717) is 35.0 Å². The lowest BCUT2D eigenvalue weighted by atomic mass is 9.99. The number of benzene rings is 3. The van der Waals surface area contributed by atoms with Crippen molar-refractivity contribution in [2.45, 2.75) is 46.7 Å². The van der Waals surface area contributed by atoms with E-state index < -0.39 is 6.04 Å². The molecule has 3 aromatic carbocycles. The lowest BCUT2D eigenvalue weighted by Crippen LogP contribution is -2.46. The summed E-state index contributed by atoms with van der Waals surface area (Å²) in [6.07, 6.45) is 0.837. The van der Waals surface area contributed by atoms with Crippen LogP contribution in [0.25, 0.3) is 11.0 Å². The van der Waals surface area contributed by atoms with Gasteiger partial charge in [0.2, 0.25) is 11.8 Å². The van der Waals surface area contributed by atoms with E-state index in [0.717, 1.165) is 23.1 Å². The molecule has 38 heavy (non-hydrogen) atoms. The molecule has 0 bridgehead atoms. The van der Waals surface area contributed by atoms with Gasteiger partial charge < -0.3 is 10.1 Å². The van der Waals surface area contributed by atoms with Gasteiger partial charge >= 0.3 is 0 Å². The van der Waals surface area contributed by atoms with E-state index in [2.05, 4.69) is 29.5 Å². The molecule has 1 aromatic heterocycles. The fourth-order valence-corrected chi connectivity index (χ4v) is 4.61. The summed E-state index contributed by atoms with van der Waals surface area (Å²) in [7, 11) is 1.60. The standard InChI is InChI=1S/C30H35N5O3/c1-20(2)17-18-31-30(37)29(23-13-15-24(38-5)16-14-23)35(28-21(3)9-8-10-22(28)4)27(36)19-34-26-12-7-6-11-25(26)32-33-34/h6-16,20,29H,17-19H2,1-5H3,(H,31,37). The van der Waals surface area contributed by atoms with Crippen LogP contribution in [0.2, 0.25) is 0 Å². The number of anilines is 1. The molecule has 1 unspecified atom stereocenters. The van der Waals surface area contributed by atoms with Crippen LogP contribution in [-0.4, -0.2) is 40.5 Å². The van der Waals surface area contributed by atoms with Gasteiger partial charge in [0.05, 0.1) is 18.3 Å². The third-order valence-electron chi connectivity index (χ3n) is 6.61. The van der Waals surface area contributed by atoms with Crippen LogP contribution in [0.1, 0.15) is 43.0 Å². The van der Waals surface area contributed by atoms with Crippen LogP contribution in [0.4, 0.5) is 5.69 Å². The third-order valence-corrected chi connectivity index (χ3v) is 6.61. The second-order valence-corrected chi connectivity index (χ2v) is 9.89. The van der Waals surface area contributed by atoms with Crippen LogP contribution >= 0.6 is 0 Å². The Bertz CT molecular complexity index is 1390. The Morgan fingerprint density at radius 2 is 1.66 bits per heavy atom. The zero-order valence-electron chi connectivity index (χ0n) is 22.6. The minimum atomic E-state index is -0.893. The zero-order valence-corrected chi connectivity index (χ0v) is 22.6. The van der Waals surface area contributed by atoms with Crippen molar-refractivity contribution in [3.8, 4) is 5.75 Å². The van der Waals surface area contributed by atoms with Gasteiger partial charge in [-0.3, -0.25) is 14.5 Å². The molecule has 8 heteroatoms. The van der Waals surface area contributed by atoms with Crippen molar-refractivity contribution < 1.29 is 14.3 Å². The normalized spacial score (nSPS) is 11.9. The number of amides is 2. The monoisotopic (exact) mass is 513 g/mol. The molecule has 4 rings (SSSR count). The number of ether oxygens (including phenoxy) is 1. The van der Waals surface area contributed by atoms with Crippen molar-refractivity contribution in [1.29, 1.82) is 0 Å². The first kappa shape index (κ1) is 26.9. The van der Waals surface area contributed by atoms with Crippen LogP contribution in [0.5, 0.6) is 5.75 Å². The molecule has 0 fully saturated rings. The molecule has 0 saturated carbocycles. The van der Waals surface area contributed by atoms with Crippen LogP contribution in [0, 0.1) is 19.8 Å². The lowest BCUT2D eigenvalue weighted by Gasteiger charge is -2.34. The van der Waals surface area contributed by atoms with Crippen LogP contribution in [-0.2, 0) is 16.1 Å². The van der Waals surface area contributed by atoms with E-state index in [4.69, 9.17) is 4.74 Å². The number of fused-ring (bicyclic) bond motifs is 1. The van der Waals surface area contributed by atoms with Gasteiger partial charge in [-0.05, 0) is 67.1 Å². The molecule has 2 amide bonds. The molecule has 8 nitrogen and oxygen atoms in total. The summed E-state index contributed by atoms with van der Waals surface area (Å²) in [4.78, 5) is 29.7. The maximum Gasteiger partial charge on any atom is 0.249 e. The van der Waals surface area contributed by atoms with Gasteiger partial charge in [0.25, 0.3) is 0 Å². The molecule has 4 aromatic rings. The Morgan fingerprint density at radius 1 is 0.974 bits per heavy atom. The highest BCUT2D eigenvalue weighted by molar-refractivity contribution is 6.02. The van der Waals surface area contributed by atoms with Gasteiger partial charge in [-0.25, -0.2) is 4.68 Å². The molecule has 1 N–H and O–H groups in total. The second-order valence-electron chi connectivity index (χ2n) is 9.89. The van der Waals surface area contributed by atoms with E-state index in [1.54, 1.807) is 16.7 Å². The predicted molar refractivity (Wildman–Crippen MR) is 149 cm³/mol. The average Bonchev–Trinajstić information content (AvgIpc) is 3.30. The molecule has 0 radical (unpaired) electrons. The van der Waals surface area contributed by atoms with E-state index >= 15 is 0 Å². The predicted octanol–water partition coefficient (Wildman–Crippen LogP) is 4.99. The SMILES string of the molecule is COc1ccc(C(C(=O)NCCC(C)C)N(C(=O)Cn2nnc3ccccc32)c2c(C)cccc2C)cc1. The molecule has 1 heterocycles. The van der Waals surface area contributed by atoms with Gasteiger partial charge in [0, 0.05) is 6.54 Å². The van der Waals surface area contributed by atoms with Crippen molar-refractivity contribution in [3.05, 3.63) is 83.4 Å². The van der Waals surface area contributed by atoms with Crippen LogP contribution in [0.3, 0.4) is 0 Å². The van der Waals surface area contributed by atoms with Gasteiger partial charge in [0.1, 0.15) is 23.9 Å². The van der Waals surface area contributed by atoms with Crippen molar-refractivity contribution in [2.24, 2.45) is 5.92 Å². The maximum absolute atomic E-state index is 14.2. The quantitative estimate of drug-likeness (QED) is 0.323. The zero-order chi connectivity index (χ0) is 27.2. The number of carbonyl (C=O) groups is 2. The summed E-state index contributed by atoms with van der Waals surface area (Å²) in [5, 5.41) is 11.5. The largest absolute Gasteiger partial charge is 0.497 e. The number of carbonyl (C=O) groups excluding carboxylic acids is 2. The summed E-state index contributed by atoms with van der Waals surface area (Å²) in [5.74, 6) is 0.603. The highest BCUT2D eigenvalue weighted by Crippen LogP contribution is 2.34. The number of hydrogen-bond acceptors (Lipinski definition) is 5. The van der Waals surface area contributed by atoms with Crippen molar-refractivity contribution in [1.82, 2.24) is 20.3 Å². The van der Waals surface area contributed by atoms with E-state index in [-0.39, 0.29) is 18.4 Å². The highest BCUT2D eigenvalue weighted by atomic mass is 16.5. The van der Waals surface area contributed by atoms with E-state index in [1.165, 1.54) is 0 Å². The number of aromatic nitrogens is 3. The third kappa shape index (κ3) is 5.85. The number of para-hydroxylation sites is 2. The molecular weight excluding hydrogens is 478 g/mol. The Morgan fingerprint density at radius 3 is 2.32 bits per heavy atom. The summed E-state index contributed by atoms with van der Waals surface area (Å²) < 4.78 is 6.93. The Balaban J connectivity index is 1.81. The minimum Gasteiger partial charge on any atom is -0.497 e. The molecule has 198 valence electrons. The highest BCUT2D eigenvalue weighted by Gasteiger charge is 2.34.